The molecule has 2 aromatic rings. The van der Waals surface area contributed by atoms with Gasteiger partial charge < -0.3 is 0 Å². The van der Waals surface area contributed by atoms with Crippen LogP contribution < -0.4 is 0 Å². The number of hydrogen-bond acceptors (Lipinski definition) is 3. The van der Waals surface area contributed by atoms with Crippen LogP contribution in [-0.2, 0) is 11.2 Å². The molecule has 1 aliphatic rings. The molecule has 1 unspecified atom stereocenters. The highest BCUT2D eigenvalue weighted by Gasteiger charge is 2.41. The van der Waals surface area contributed by atoms with Crippen LogP contribution in [0.25, 0.3) is 0 Å². The molecule has 0 N–H and O–H groups in total. The molecule has 0 aromatic heterocycles. The predicted molar refractivity (Wildman–Crippen MR) is 81.6 cm³/mol. The summed E-state index contributed by atoms with van der Waals surface area (Å²) in [7, 11) is 0. The maximum Gasteiger partial charge on any atom is 0.262 e. The maximum absolute atomic E-state index is 12.5. The summed E-state index contributed by atoms with van der Waals surface area (Å²) in [6.07, 6.45) is 0.335. The molecule has 3 rings (SSSR count). The average Bonchev–Trinajstić information content (AvgIpc) is 2.78. The quantitative estimate of drug-likeness (QED) is 0.814. The summed E-state index contributed by atoms with van der Waals surface area (Å²) < 4.78 is 0. The topological polar surface area (TPSA) is 54.5 Å². The first-order valence-electron chi connectivity index (χ1n) is 7.11. The van der Waals surface area contributed by atoms with Gasteiger partial charge in [-0.2, -0.15) is 0 Å². The molecule has 0 aliphatic carbocycles. The van der Waals surface area contributed by atoms with Gasteiger partial charge in [0.25, 0.3) is 11.8 Å². The molecule has 0 bridgehead atoms. The SMILES string of the molecule is CC(=O)C(Cc1ccccc1)N1C(=O)c2ccccc2C1=O. The summed E-state index contributed by atoms with van der Waals surface area (Å²) in [5.41, 5.74) is 1.65. The second kappa shape index (κ2) is 5.56. The van der Waals surface area contributed by atoms with Crippen molar-refractivity contribution in [3.8, 4) is 0 Å². The minimum atomic E-state index is -0.769. The summed E-state index contributed by atoms with van der Waals surface area (Å²) >= 11 is 0. The number of imide groups is 1. The second-order valence-corrected chi connectivity index (χ2v) is 5.34. The minimum Gasteiger partial charge on any atom is -0.298 e. The first-order chi connectivity index (χ1) is 10.6. The Morgan fingerprint density at radius 2 is 1.41 bits per heavy atom. The number of rotatable bonds is 4. The van der Waals surface area contributed by atoms with Gasteiger partial charge in [0.2, 0.25) is 0 Å². The zero-order valence-corrected chi connectivity index (χ0v) is 12.2. The first-order valence-corrected chi connectivity index (χ1v) is 7.11. The van der Waals surface area contributed by atoms with Gasteiger partial charge in [0.15, 0.2) is 5.78 Å². The Kier molecular flexibility index (Phi) is 3.59. The number of carbonyl (C=O) groups excluding carboxylic acids is 3. The van der Waals surface area contributed by atoms with Crippen molar-refractivity contribution in [2.45, 2.75) is 19.4 Å². The van der Waals surface area contributed by atoms with Crippen LogP contribution in [0.1, 0.15) is 33.2 Å². The molecule has 1 aliphatic heterocycles. The largest absolute Gasteiger partial charge is 0.298 e. The first kappa shape index (κ1) is 14.2. The molecular formula is C18H15NO3. The standard InChI is InChI=1S/C18H15NO3/c1-12(20)16(11-13-7-3-2-4-8-13)19-17(21)14-9-5-6-10-15(14)18(19)22/h2-10,16H,11H2,1H3. The van der Waals surface area contributed by atoms with E-state index in [0.29, 0.717) is 17.5 Å². The van der Waals surface area contributed by atoms with Gasteiger partial charge in [-0.05, 0) is 24.6 Å². The third-order valence-corrected chi connectivity index (χ3v) is 3.88. The van der Waals surface area contributed by atoms with Crippen molar-refractivity contribution in [1.29, 1.82) is 0 Å². The van der Waals surface area contributed by atoms with Crippen LogP contribution in [0.3, 0.4) is 0 Å². The lowest BCUT2D eigenvalue weighted by molar-refractivity contribution is -0.120. The number of fused-ring (bicyclic) bond motifs is 1. The predicted octanol–water partition coefficient (Wildman–Crippen LogP) is 2.48. The summed E-state index contributed by atoms with van der Waals surface area (Å²) in [6, 6.07) is 15.3. The number of hydrogen-bond donors (Lipinski definition) is 0. The van der Waals surface area contributed by atoms with Crippen LogP contribution in [0.5, 0.6) is 0 Å². The fraction of sp³-hybridized carbons (Fsp3) is 0.167. The van der Waals surface area contributed by atoms with E-state index in [1.807, 2.05) is 30.3 Å². The van der Waals surface area contributed by atoms with Gasteiger partial charge in [-0.3, -0.25) is 19.3 Å². The Bertz CT molecular complexity index is 717. The minimum absolute atomic E-state index is 0.196. The van der Waals surface area contributed by atoms with E-state index in [1.165, 1.54) is 6.92 Å². The van der Waals surface area contributed by atoms with E-state index in [0.717, 1.165) is 10.5 Å². The number of benzene rings is 2. The summed E-state index contributed by atoms with van der Waals surface area (Å²) in [5.74, 6) is -0.980. The van der Waals surface area contributed by atoms with Crippen molar-refractivity contribution in [2.24, 2.45) is 0 Å². The van der Waals surface area contributed by atoms with Crippen LogP contribution in [0, 0.1) is 0 Å². The summed E-state index contributed by atoms with van der Waals surface area (Å²) in [5, 5.41) is 0. The second-order valence-electron chi connectivity index (χ2n) is 5.34. The number of amides is 2. The molecule has 0 saturated heterocycles. The molecule has 0 spiro atoms. The molecule has 22 heavy (non-hydrogen) atoms. The fourth-order valence-corrected chi connectivity index (χ4v) is 2.75. The van der Waals surface area contributed by atoms with Crippen LogP contribution in [-0.4, -0.2) is 28.5 Å². The molecule has 0 radical (unpaired) electrons. The highest BCUT2D eigenvalue weighted by atomic mass is 16.2. The molecule has 110 valence electrons. The molecule has 2 amide bonds. The van der Waals surface area contributed by atoms with Gasteiger partial charge in [-0.1, -0.05) is 42.5 Å². The van der Waals surface area contributed by atoms with E-state index >= 15 is 0 Å². The maximum atomic E-state index is 12.5. The van der Waals surface area contributed by atoms with E-state index in [4.69, 9.17) is 0 Å². The zero-order chi connectivity index (χ0) is 15.7. The van der Waals surface area contributed by atoms with Crippen LogP contribution in [0.15, 0.2) is 54.6 Å². The van der Waals surface area contributed by atoms with E-state index in [2.05, 4.69) is 0 Å². The van der Waals surface area contributed by atoms with Crippen LogP contribution >= 0.6 is 0 Å². The van der Waals surface area contributed by atoms with E-state index in [9.17, 15) is 14.4 Å². The molecule has 4 nitrogen and oxygen atoms in total. The third-order valence-electron chi connectivity index (χ3n) is 3.88. The number of Topliss-reactive ketones (excluding diaryl/α,β-unsaturated/α-hetero) is 1. The van der Waals surface area contributed by atoms with Crippen molar-refractivity contribution < 1.29 is 14.4 Å². The molecule has 4 heteroatoms. The molecule has 2 aromatic carbocycles. The lowest BCUT2D eigenvalue weighted by Crippen LogP contribution is -2.45. The molecule has 0 fully saturated rings. The summed E-state index contributed by atoms with van der Waals surface area (Å²) in [6.45, 7) is 1.41. The Morgan fingerprint density at radius 1 is 0.909 bits per heavy atom. The fourth-order valence-electron chi connectivity index (χ4n) is 2.75. The normalized spacial score (nSPS) is 14.9. The highest BCUT2D eigenvalue weighted by molar-refractivity contribution is 6.22. The van der Waals surface area contributed by atoms with Gasteiger partial charge >= 0.3 is 0 Å². The van der Waals surface area contributed by atoms with Crippen molar-refractivity contribution in [1.82, 2.24) is 4.90 Å². The lowest BCUT2D eigenvalue weighted by Gasteiger charge is -2.24. The smallest absolute Gasteiger partial charge is 0.262 e. The number of ketones is 1. The van der Waals surface area contributed by atoms with Crippen molar-refractivity contribution in [3.05, 3.63) is 71.3 Å². The van der Waals surface area contributed by atoms with Crippen molar-refractivity contribution in [3.63, 3.8) is 0 Å². The van der Waals surface area contributed by atoms with Crippen molar-refractivity contribution in [2.75, 3.05) is 0 Å². The number of nitrogens with zero attached hydrogens (tertiary/aromatic N) is 1. The van der Waals surface area contributed by atoms with E-state index in [-0.39, 0.29) is 5.78 Å². The molecule has 1 heterocycles. The van der Waals surface area contributed by atoms with Crippen molar-refractivity contribution >= 4 is 17.6 Å². The van der Waals surface area contributed by atoms with Gasteiger partial charge in [0.1, 0.15) is 6.04 Å². The zero-order valence-electron chi connectivity index (χ0n) is 12.2. The Balaban J connectivity index is 1.95. The van der Waals surface area contributed by atoms with Crippen LogP contribution in [0.4, 0.5) is 0 Å². The van der Waals surface area contributed by atoms with Gasteiger partial charge in [-0.15, -0.1) is 0 Å². The lowest BCUT2D eigenvalue weighted by atomic mass is 10.0. The average molecular weight is 293 g/mol. The third kappa shape index (κ3) is 2.33. The Labute approximate surface area is 128 Å². The highest BCUT2D eigenvalue weighted by Crippen LogP contribution is 2.26. The van der Waals surface area contributed by atoms with Gasteiger partial charge in [0, 0.05) is 6.42 Å². The van der Waals surface area contributed by atoms with Gasteiger partial charge in [0.05, 0.1) is 11.1 Å². The van der Waals surface area contributed by atoms with Crippen LogP contribution in [0.2, 0.25) is 0 Å². The van der Waals surface area contributed by atoms with E-state index in [1.54, 1.807) is 24.3 Å². The molecule has 0 saturated carbocycles. The number of carbonyl (C=O) groups is 3. The molecule has 1 atom stereocenters. The van der Waals surface area contributed by atoms with Gasteiger partial charge in [-0.25, -0.2) is 0 Å². The monoisotopic (exact) mass is 293 g/mol. The Morgan fingerprint density at radius 3 is 1.91 bits per heavy atom. The van der Waals surface area contributed by atoms with E-state index < -0.39 is 17.9 Å². The summed E-state index contributed by atoms with van der Waals surface area (Å²) in [4.78, 5) is 38.1. The molecular weight excluding hydrogens is 278 g/mol. The Hall–Kier alpha value is -2.75.